The molecule has 4 nitrogen and oxygen atoms in total. The van der Waals surface area contributed by atoms with Gasteiger partial charge in [0, 0.05) is 6.54 Å². The maximum Gasteiger partial charge on any atom is 0.335 e. The highest BCUT2D eigenvalue weighted by atomic mass is 16.4. The molecule has 0 saturated carbocycles. The molecule has 2 aromatic carbocycles. The molecule has 4 heteroatoms. The van der Waals surface area contributed by atoms with Crippen LogP contribution in [-0.4, -0.2) is 17.6 Å². The lowest BCUT2D eigenvalue weighted by Gasteiger charge is -2.11. The molecule has 0 unspecified atom stereocenters. The van der Waals surface area contributed by atoms with Gasteiger partial charge < -0.3 is 10.4 Å². The van der Waals surface area contributed by atoms with Crippen LogP contribution in [0.3, 0.4) is 0 Å². The number of aromatic carboxylic acids is 1. The van der Waals surface area contributed by atoms with Crippen LogP contribution in [0.1, 0.15) is 27.0 Å². The van der Waals surface area contributed by atoms with E-state index in [4.69, 9.17) is 10.4 Å². The third kappa shape index (κ3) is 3.61. The molecule has 0 amide bonds. The first-order valence-electron chi connectivity index (χ1n) is 6.67. The van der Waals surface area contributed by atoms with E-state index in [1.165, 1.54) is 0 Å². The van der Waals surface area contributed by atoms with Crippen LogP contribution in [0.4, 0.5) is 5.69 Å². The van der Waals surface area contributed by atoms with Crippen molar-refractivity contribution in [3.8, 4) is 6.07 Å². The van der Waals surface area contributed by atoms with E-state index in [-0.39, 0.29) is 5.56 Å². The second-order valence-electron chi connectivity index (χ2n) is 4.79. The van der Waals surface area contributed by atoms with Crippen LogP contribution in [0, 0.1) is 18.3 Å². The summed E-state index contributed by atoms with van der Waals surface area (Å²) >= 11 is 0. The van der Waals surface area contributed by atoms with Crippen LogP contribution < -0.4 is 5.32 Å². The number of hydrogen-bond donors (Lipinski definition) is 2. The fraction of sp³-hybridized carbons (Fsp3) is 0.176. The van der Waals surface area contributed by atoms with Gasteiger partial charge >= 0.3 is 5.97 Å². The van der Waals surface area contributed by atoms with Crippen molar-refractivity contribution in [1.29, 1.82) is 5.26 Å². The predicted octanol–water partition coefficient (Wildman–Crippen LogP) is 3.22. The summed E-state index contributed by atoms with van der Waals surface area (Å²) in [6.07, 6.45) is 0.763. The third-order valence-electron chi connectivity index (χ3n) is 3.31. The van der Waals surface area contributed by atoms with Gasteiger partial charge in [-0.1, -0.05) is 24.3 Å². The highest BCUT2D eigenvalue weighted by Gasteiger charge is 2.05. The normalized spacial score (nSPS) is 9.90. The number of nitrogens with one attached hydrogen (secondary N) is 1. The predicted molar refractivity (Wildman–Crippen MR) is 81.5 cm³/mol. The van der Waals surface area contributed by atoms with E-state index in [1.807, 2.05) is 31.2 Å². The molecule has 0 aromatic heterocycles. The number of nitriles is 1. The van der Waals surface area contributed by atoms with Crippen LogP contribution in [0.2, 0.25) is 0 Å². The zero-order valence-electron chi connectivity index (χ0n) is 11.8. The minimum Gasteiger partial charge on any atom is -0.478 e. The average molecular weight is 280 g/mol. The molecule has 0 fully saturated rings. The summed E-state index contributed by atoms with van der Waals surface area (Å²) in [6.45, 7) is 2.65. The van der Waals surface area contributed by atoms with Gasteiger partial charge in [0.2, 0.25) is 0 Å². The van der Waals surface area contributed by atoms with Crippen LogP contribution in [-0.2, 0) is 6.42 Å². The number of carboxylic acids is 1. The molecule has 2 N–H and O–H groups in total. The molecule has 0 aliphatic rings. The van der Waals surface area contributed by atoms with Crippen LogP contribution in [0.25, 0.3) is 0 Å². The molecule has 0 atom stereocenters. The topological polar surface area (TPSA) is 73.1 Å². The number of rotatable bonds is 5. The van der Waals surface area contributed by atoms with E-state index in [9.17, 15) is 4.79 Å². The number of aryl methyl sites for hydroxylation is 1. The van der Waals surface area contributed by atoms with Gasteiger partial charge in [0.15, 0.2) is 0 Å². The lowest BCUT2D eigenvalue weighted by atomic mass is 10.1. The van der Waals surface area contributed by atoms with Crippen molar-refractivity contribution < 1.29 is 9.90 Å². The van der Waals surface area contributed by atoms with Crippen molar-refractivity contribution in [1.82, 2.24) is 0 Å². The highest BCUT2D eigenvalue weighted by Crippen LogP contribution is 2.19. The Balaban J connectivity index is 1.99. The lowest BCUT2D eigenvalue weighted by Crippen LogP contribution is -2.08. The smallest absolute Gasteiger partial charge is 0.335 e. The number of anilines is 1. The highest BCUT2D eigenvalue weighted by molar-refractivity contribution is 5.87. The standard InChI is InChI=1S/C17H16N2O2/c1-12-3-2-4-15(11-18)16(12)19-10-9-13-5-7-14(8-6-13)17(20)21/h2-8,19H,9-10H2,1H3,(H,20,21). The van der Waals surface area contributed by atoms with Gasteiger partial charge in [-0.25, -0.2) is 4.79 Å². The Hall–Kier alpha value is -2.80. The molecule has 0 radical (unpaired) electrons. The molecule has 0 aliphatic carbocycles. The number of hydrogen-bond acceptors (Lipinski definition) is 3. The summed E-state index contributed by atoms with van der Waals surface area (Å²) in [5, 5.41) is 21.2. The summed E-state index contributed by atoms with van der Waals surface area (Å²) in [5.41, 5.74) is 3.88. The molecular formula is C17H16N2O2. The van der Waals surface area contributed by atoms with E-state index in [1.54, 1.807) is 18.2 Å². The van der Waals surface area contributed by atoms with Gasteiger partial charge in [-0.3, -0.25) is 0 Å². The van der Waals surface area contributed by atoms with Crippen LogP contribution in [0.15, 0.2) is 42.5 Å². The second kappa shape index (κ2) is 6.58. The summed E-state index contributed by atoms with van der Waals surface area (Å²) in [6, 6.07) is 14.6. The Morgan fingerprint density at radius 1 is 1.24 bits per heavy atom. The van der Waals surface area contributed by atoms with Crippen LogP contribution >= 0.6 is 0 Å². The number of carboxylic acid groups (broad SMARTS) is 1. The number of carbonyl (C=O) groups is 1. The number of para-hydroxylation sites is 1. The average Bonchev–Trinajstić information content (AvgIpc) is 2.49. The Labute approximate surface area is 123 Å². The van der Waals surface area contributed by atoms with Gasteiger partial charge in [0.25, 0.3) is 0 Å². The van der Waals surface area contributed by atoms with E-state index >= 15 is 0 Å². The molecular weight excluding hydrogens is 264 g/mol. The SMILES string of the molecule is Cc1cccc(C#N)c1NCCc1ccc(C(=O)O)cc1. The molecule has 0 spiro atoms. The van der Waals surface area contributed by atoms with Gasteiger partial charge in [0.05, 0.1) is 16.8 Å². The van der Waals surface area contributed by atoms with Gasteiger partial charge in [-0.15, -0.1) is 0 Å². The summed E-state index contributed by atoms with van der Waals surface area (Å²) < 4.78 is 0. The van der Waals surface area contributed by atoms with E-state index in [0.29, 0.717) is 12.1 Å². The molecule has 0 heterocycles. The molecule has 0 saturated heterocycles. The Kier molecular flexibility index (Phi) is 4.57. The second-order valence-corrected chi connectivity index (χ2v) is 4.79. The van der Waals surface area contributed by atoms with Crippen molar-refractivity contribution in [2.45, 2.75) is 13.3 Å². The summed E-state index contributed by atoms with van der Waals surface area (Å²) in [5.74, 6) is -0.918. The lowest BCUT2D eigenvalue weighted by molar-refractivity contribution is 0.0697. The number of nitrogens with zero attached hydrogens (tertiary/aromatic N) is 1. The van der Waals surface area contributed by atoms with Gasteiger partial charge in [-0.2, -0.15) is 5.26 Å². The minimum absolute atomic E-state index is 0.289. The van der Waals surface area contributed by atoms with E-state index in [0.717, 1.165) is 23.2 Å². The van der Waals surface area contributed by atoms with Crippen molar-refractivity contribution in [2.75, 3.05) is 11.9 Å². The zero-order valence-corrected chi connectivity index (χ0v) is 11.8. The maximum absolute atomic E-state index is 10.8. The largest absolute Gasteiger partial charge is 0.478 e. The summed E-state index contributed by atoms with van der Waals surface area (Å²) in [4.78, 5) is 10.8. The Bertz CT molecular complexity index is 685. The van der Waals surface area contributed by atoms with Crippen molar-refractivity contribution in [2.24, 2.45) is 0 Å². The Morgan fingerprint density at radius 3 is 2.57 bits per heavy atom. The third-order valence-corrected chi connectivity index (χ3v) is 3.31. The fourth-order valence-corrected chi connectivity index (χ4v) is 2.14. The van der Waals surface area contributed by atoms with E-state index in [2.05, 4.69) is 11.4 Å². The quantitative estimate of drug-likeness (QED) is 0.882. The first-order valence-corrected chi connectivity index (χ1v) is 6.67. The fourth-order valence-electron chi connectivity index (χ4n) is 2.14. The Morgan fingerprint density at radius 2 is 1.95 bits per heavy atom. The van der Waals surface area contributed by atoms with Crippen LogP contribution in [0.5, 0.6) is 0 Å². The molecule has 2 aromatic rings. The summed E-state index contributed by atoms with van der Waals surface area (Å²) in [7, 11) is 0. The number of benzene rings is 2. The first kappa shape index (κ1) is 14.6. The molecule has 2 rings (SSSR count). The minimum atomic E-state index is -0.918. The molecule has 21 heavy (non-hydrogen) atoms. The molecule has 106 valence electrons. The molecule has 0 aliphatic heterocycles. The van der Waals surface area contributed by atoms with Gasteiger partial charge in [-0.05, 0) is 42.7 Å². The van der Waals surface area contributed by atoms with Crippen molar-refractivity contribution in [3.63, 3.8) is 0 Å². The van der Waals surface area contributed by atoms with Crippen molar-refractivity contribution >= 4 is 11.7 Å². The van der Waals surface area contributed by atoms with Gasteiger partial charge in [0.1, 0.15) is 6.07 Å². The zero-order chi connectivity index (χ0) is 15.2. The first-order chi connectivity index (χ1) is 10.1. The van der Waals surface area contributed by atoms with E-state index < -0.39 is 5.97 Å². The molecule has 0 bridgehead atoms. The monoisotopic (exact) mass is 280 g/mol. The van der Waals surface area contributed by atoms with Crippen molar-refractivity contribution in [3.05, 3.63) is 64.7 Å². The maximum atomic E-state index is 10.8.